The number of fused-ring (bicyclic) bond motifs is 9. The first kappa shape index (κ1) is 31.1. The van der Waals surface area contributed by atoms with E-state index in [-0.39, 0.29) is 10.8 Å². The third-order valence-electron chi connectivity index (χ3n) is 10.7. The molecule has 50 heavy (non-hydrogen) atoms. The van der Waals surface area contributed by atoms with Crippen LogP contribution in [0.25, 0.3) is 76.5 Å². The van der Waals surface area contributed by atoms with Gasteiger partial charge in [-0.3, -0.25) is 0 Å². The molecule has 0 bridgehead atoms. The highest BCUT2D eigenvalue weighted by Gasteiger charge is 2.24. The molecule has 0 fully saturated rings. The molecule has 0 spiro atoms. The zero-order chi connectivity index (χ0) is 34.7. The summed E-state index contributed by atoms with van der Waals surface area (Å²) < 4.78 is 6.03. The van der Waals surface area contributed by atoms with Crippen LogP contribution in [0.5, 0.6) is 0 Å². The maximum absolute atomic E-state index is 4.25. The van der Waals surface area contributed by atoms with Crippen LogP contribution in [0.3, 0.4) is 0 Å². The highest BCUT2D eigenvalue weighted by atomic mass is 79.9. The fraction of sp³-hybridized carbons (Fsp3) is 0.191. The molecule has 2 aromatic heterocycles. The lowest BCUT2D eigenvalue weighted by molar-refractivity contribution is 0.590. The van der Waals surface area contributed by atoms with Crippen molar-refractivity contribution in [1.29, 1.82) is 0 Å². The van der Waals surface area contributed by atoms with Crippen molar-refractivity contribution < 1.29 is 0 Å². The Balaban J connectivity index is 1.40. The van der Waals surface area contributed by atoms with Crippen molar-refractivity contribution in [2.75, 3.05) is 0 Å². The molecule has 0 N–H and O–H groups in total. The van der Waals surface area contributed by atoms with Crippen molar-refractivity contribution in [2.45, 2.75) is 59.3 Å². The van der Waals surface area contributed by atoms with E-state index in [4.69, 9.17) is 0 Å². The van der Waals surface area contributed by atoms with Crippen molar-refractivity contribution >= 4 is 81.1 Å². The molecule has 3 heteroatoms. The van der Waals surface area contributed by atoms with Crippen molar-refractivity contribution in [3.63, 3.8) is 0 Å². The van der Waals surface area contributed by atoms with Crippen LogP contribution >= 0.6 is 15.9 Å². The van der Waals surface area contributed by atoms with Crippen LogP contribution in [0.1, 0.15) is 58.2 Å². The maximum atomic E-state index is 4.25. The monoisotopic (exact) mass is 712 g/mol. The Morgan fingerprint density at radius 3 is 1.52 bits per heavy atom. The van der Waals surface area contributed by atoms with Gasteiger partial charge in [0.05, 0.1) is 37.9 Å². The topological polar surface area (TPSA) is 9.86 Å². The third-order valence-corrected chi connectivity index (χ3v) is 11.5. The van der Waals surface area contributed by atoms with E-state index in [0.29, 0.717) is 0 Å². The number of rotatable bonds is 2. The molecule has 2 heterocycles. The van der Waals surface area contributed by atoms with Crippen LogP contribution < -0.4 is 0 Å². The highest BCUT2D eigenvalue weighted by molar-refractivity contribution is 9.10. The SMILES string of the molecule is Cc1cc(-n2c3ccc(C(C)(C)C)cc3c3cc(C(C)(C)C)ccc32)c(Br)c(-n2c3cc4ccccc4cc3c3c4ccccc4ccc32)c1. The minimum atomic E-state index is 0.0478. The summed E-state index contributed by atoms with van der Waals surface area (Å²) in [5.41, 5.74) is 11.1. The number of hydrogen-bond donors (Lipinski definition) is 0. The first-order valence-electron chi connectivity index (χ1n) is 17.6. The average molecular weight is 714 g/mol. The lowest BCUT2D eigenvalue weighted by atomic mass is 9.85. The molecule has 9 aromatic rings. The van der Waals surface area contributed by atoms with Gasteiger partial charge in [-0.05, 0) is 127 Å². The molecular formula is C47H41BrN2. The Bertz CT molecular complexity index is 2780. The van der Waals surface area contributed by atoms with Crippen molar-refractivity contribution in [1.82, 2.24) is 9.13 Å². The van der Waals surface area contributed by atoms with Gasteiger partial charge in [0.25, 0.3) is 0 Å². The molecule has 0 saturated carbocycles. The predicted molar refractivity (Wildman–Crippen MR) is 220 cm³/mol. The molecule has 0 aliphatic rings. The number of aryl methyl sites for hydroxylation is 1. The second-order valence-electron chi connectivity index (χ2n) is 16.1. The molecule has 0 unspecified atom stereocenters. The molecular weight excluding hydrogens is 672 g/mol. The van der Waals surface area contributed by atoms with E-state index in [9.17, 15) is 0 Å². The number of nitrogens with zero attached hydrogens (tertiary/aromatic N) is 2. The molecule has 0 atom stereocenters. The van der Waals surface area contributed by atoms with E-state index in [1.165, 1.54) is 81.8 Å². The van der Waals surface area contributed by atoms with Gasteiger partial charge in [-0.1, -0.05) is 108 Å². The van der Waals surface area contributed by atoms with E-state index in [1.54, 1.807) is 0 Å². The van der Waals surface area contributed by atoms with Gasteiger partial charge in [-0.25, -0.2) is 0 Å². The molecule has 0 radical (unpaired) electrons. The van der Waals surface area contributed by atoms with Gasteiger partial charge in [0.15, 0.2) is 0 Å². The summed E-state index contributed by atoms with van der Waals surface area (Å²) in [6.07, 6.45) is 0. The van der Waals surface area contributed by atoms with Gasteiger partial charge in [0.2, 0.25) is 0 Å². The van der Waals surface area contributed by atoms with Gasteiger partial charge in [0.1, 0.15) is 0 Å². The predicted octanol–water partition coefficient (Wildman–Crippen LogP) is 13.9. The Hall–Kier alpha value is -4.86. The van der Waals surface area contributed by atoms with Crippen LogP contribution in [0.15, 0.2) is 126 Å². The summed E-state index contributed by atoms with van der Waals surface area (Å²) in [7, 11) is 0. The lowest BCUT2D eigenvalue weighted by Gasteiger charge is -2.20. The Labute approximate surface area is 302 Å². The molecule has 246 valence electrons. The first-order chi connectivity index (χ1) is 23.9. The molecule has 9 rings (SSSR count). The highest BCUT2D eigenvalue weighted by Crippen LogP contribution is 2.44. The minimum absolute atomic E-state index is 0.0478. The summed E-state index contributed by atoms with van der Waals surface area (Å²) in [6.45, 7) is 16.0. The van der Waals surface area contributed by atoms with Gasteiger partial charge >= 0.3 is 0 Å². The molecule has 7 aromatic carbocycles. The van der Waals surface area contributed by atoms with E-state index in [0.717, 1.165) is 15.8 Å². The molecule has 0 aliphatic carbocycles. The quantitative estimate of drug-likeness (QED) is 0.169. The summed E-state index contributed by atoms with van der Waals surface area (Å²) in [5, 5.41) is 10.2. The number of benzene rings is 7. The largest absolute Gasteiger partial charge is 0.308 e. The van der Waals surface area contributed by atoms with E-state index < -0.39 is 0 Å². The van der Waals surface area contributed by atoms with E-state index >= 15 is 0 Å². The third kappa shape index (κ3) is 4.67. The number of aromatic nitrogens is 2. The normalized spacial score (nSPS) is 12.8. The molecule has 0 aliphatic heterocycles. The van der Waals surface area contributed by atoms with Crippen LogP contribution in [0.2, 0.25) is 0 Å². The zero-order valence-electron chi connectivity index (χ0n) is 29.8. The molecule has 0 amide bonds. The smallest absolute Gasteiger partial charge is 0.0657 e. The summed E-state index contributed by atoms with van der Waals surface area (Å²) >= 11 is 4.25. The Morgan fingerprint density at radius 1 is 0.440 bits per heavy atom. The summed E-state index contributed by atoms with van der Waals surface area (Å²) in [6, 6.07) is 45.6. The van der Waals surface area contributed by atoms with Gasteiger partial charge in [0, 0.05) is 21.5 Å². The number of halogens is 1. The minimum Gasteiger partial charge on any atom is -0.308 e. The lowest BCUT2D eigenvalue weighted by Crippen LogP contribution is -2.10. The summed E-state index contributed by atoms with van der Waals surface area (Å²) in [5.74, 6) is 0. The van der Waals surface area contributed by atoms with Gasteiger partial charge in [-0.2, -0.15) is 0 Å². The van der Waals surface area contributed by atoms with Crippen LogP contribution in [-0.4, -0.2) is 9.13 Å². The Kier molecular flexibility index (Phi) is 6.74. The van der Waals surface area contributed by atoms with Gasteiger partial charge in [-0.15, -0.1) is 0 Å². The second kappa shape index (κ2) is 10.8. The van der Waals surface area contributed by atoms with Crippen molar-refractivity contribution in [2.24, 2.45) is 0 Å². The van der Waals surface area contributed by atoms with Crippen molar-refractivity contribution in [3.8, 4) is 11.4 Å². The van der Waals surface area contributed by atoms with Crippen LogP contribution in [0, 0.1) is 6.92 Å². The van der Waals surface area contributed by atoms with E-state index in [2.05, 4.69) is 195 Å². The molecule has 2 nitrogen and oxygen atoms in total. The average Bonchev–Trinajstić information content (AvgIpc) is 3.59. The van der Waals surface area contributed by atoms with Gasteiger partial charge < -0.3 is 9.13 Å². The fourth-order valence-corrected chi connectivity index (χ4v) is 8.59. The standard InChI is InChI=1S/C47H41BrN2/c1-28-22-42(49-38-20-17-32(46(2,3)4)26-35(38)36-27-33(47(5,6)7)18-21-39(36)49)45(48)43(23-28)50-40-19-16-29-12-10-11-15-34(29)44(40)37-24-30-13-8-9-14-31(30)25-41(37)50/h8-27H,1-7H3. The number of hydrogen-bond acceptors (Lipinski definition) is 0. The summed E-state index contributed by atoms with van der Waals surface area (Å²) in [4.78, 5) is 0. The van der Waals surface area contributed by atoms with Crippen LogP contribution in [-0.2, 0) is 10.8 Å². The van der Waals surface area contributed by atoms with Crippen molar-refractivity contribution in [3.05, 3.63) is 142 Å². The van der Waals surface area contributed by atoms with Crippen LogP contribution in [0.4, 0.5) is 0 Å². The maximum Gasteiger partial charge on any atom is 0.0657 e. The second-order valence-corrected chi connectivity index (χ2v) is 16.9. The fourth-order valence-electron chi connectivity index (χ4n) is 8.00. The van der Waals surface area contributed by atoms with E-state index in [1.807, 2.05) is 0 Å². The molecule has 0 saturated heterocycles. The zero-order valence-corrected chi connectivity index (χ0v) is 31.4. The Morgan fingerprint density at radius 2 is 0.940 bits per heavy atom. The first-order valence-corrected chi connectivity index (χ1v) is 18.4.